The molecule has 1 fully saturated rings. The summed E-state index contributed by atoms with van der Waals surface area (Å²) in [6.07, 6.45) is 8.40. The highest BCUT2D eigenvalue weighted by atomic mass is 127. The van der Waals surface area contributed by atoms with E-state index in [2.05, 4.69) is 61.3 Å². The maximum absolute atomic E-state index is 6.31. The average molecular weight is 566 g/mol. The summed E-state index contributed by atoms with van der Waals surface area (Å²) >= 11 is 6.31. The lowest BCUT2D eigenvalue weighted by molar-refractivity contribution is 0.649. The smallest absolute Gasteiger partial charge is 0.191 e. The van der Waals surface area contributed by atoms with E-state index in [1.807, 2.05) is 24.7 Å². The largest absolute Gasteiger partial charge is 0.357 e. The number of hydrogen-bond donors (Lipinski definition) is 2. The van der Waals surface area contributed by atoms with Gasteiger partial charge in [0.05, 0.1) is 17.9 Å². The first-order valence-corrected chi connectivity index (χ1v) is 11.0. The second-order valence-electron chi connectivity index (χ2n) is 7.63. The standard InChI is InChI=1S/C23H28ClN7.HI/c1-2-26-23(29-20-9-12-31(16-20)22-21(24)4-3-10-27-22)28-14-18-5-7-19(8-6-18)15-30-13-11-25-17-30;/h3-8,10-11,13,17,20H,2,9,12,14-16H2,1H3,(H2,26,28,29);1H. The predicted octanol–water partition coefficient (Wildman–Crippen LogP) is 3.93. The molecule has 9 heteroatoms. The molecule has 2 aromatic heterocycles. The van der Waals surface area contributed by atoms with E-state index in [-0.39, 0.29) is 24.0 Å². The molecule has 1 aliphatic heterocycles. The molecule has 2 N–H and O–H groups in total. The van der Waals surface area contributed by atoms with Crippen molar-refractivity contribution < 1.29 is 0 Å². The number of aliphatic imine (C=N–C) groups is 1. The van der Waals surface area contributed by atoms with Crippen molar-refractivity contribution >= 4 is 47.4 Å². The second kappa shape index (κ2) is 12.1. The fourth-order valence-corrected chi connectivity index (χ4v) is 3.95. The van der Waals surface area contributed by atoms with Gasteiger partial charge in [0.25, 0.3) is 0 Å². The van der Waals surface area contributed by atoms with Gasteiger partial charge in [0.2, 0.25) is 0 Å². The van der Waals surface area contributed by atoms with Gasteiger partial charge in [0.15, 0.2) is 5.96 Å². The molecule has 0 radical (unpaired) electrons. The van der Waals surface area contributed by atoms with Gasteiger partial charge in [-0.15, -0.1) is 24.0 Å². The van der Waals surface area contributed by atoms with Crippen molar-refractivity contribution in [3.8, 4) is 0 Å². The van der Waals surface area contributed by atoms with Crippen LogP contribution in [0, 0.1) is 0 Å². The number of pyridine rings is 1. The quantitative estimate of drug-likeness (QED) is 0.258. The zero-order valence-corrected chi connectivity index (χ0v) is 21.2. The Hall–Kier alpha value is -2.33. The van der Waals surface area contributed by atoms with Crippen molar-refractivity contribution in [2.75, 3.05) is 24.5 Å². The molecule has 170 valence electrons. The van der Waals surface area contributed by atoms with E-state index in [4.69, 9.17) is 16.6 Å². The van der Waals surface area contributed by atoms with Gasteiger partial charge in [0, 0.05) is 50.8 Å². The van der Waals surface area contributed by atoms with Crippen LogP contribution in [0.2, 0.25) is 5.02 Å². The predicted molar refractivity (Wildman–Crippen MR) is 141 cm³/mol. The summed E-state index contributed by atoms with van der Waals surface area (Å²) in [5, 5.41) is 7.61. The summed E-state index contributed by atoms with van der Waals surface area (Å²) in [4.78, 5) is 15.5. The Morgan fingerprint density at radius 3 is 2.72 bits per heavy atom. The Bertz CT molecular complexity index is 992. The van der Waals surface area contributed by atoms with Crippen LogP contribution in [0.4, 0.5) is 5.82 Å². The number of rotatable bonds is 7. The van der Waals surface area contributed by atoms with Crippen LogP contribution in [0.1, 0.15) is 24.5 Å². The maximum atomic E-state index is 6.31. The fraction of sp³-hybridized carbons (Fsp3) is 0.348. The first-order chi connectivity index (χ1) is 15.2. The number of imidazole rings is 1. The minimum absolute atomic E-state index is 0. The summed E-state index contributed by atoms with van der Waals surface area (Å²) in [6, 6.07) is 12.6. The molecule has 1 aromatic carbocycles. The molecule has 0 aliphatic carbocycles. The van der Waals surface area contributed by atoms with E-state index in [1.165, 1.54) is 11.1 Å². The lowest BCUT2D eigenvalue weighted by Crippen LogP contribution is -2.44. The molecule has 7 nitrogen and oxygen atoms in total. The number of benzene rings is 1. The number of nitrogens with one attached hydrogen (secondary N) is 2. The molecule has 0 spiro atoms. The first-order valence-electron chi connectivity index (χ1n) is 10.6. The van der Waals surface area contributed by atoms with Crippen molar-refractivity contribution in [3.63, 3.8) is 0 Å². The number of nitrogens with zero attached hydrogens (tertiary/aromatic N) is 5. The Labute approximate surface area is 211 Å². The minimum atomic E-state index is 0. The number of halogens is 2. The molecule has 0 bridgehead atoms. The van der Waals surface area contributed by atoms with Crippen molar-refractivity contribution in [1.29, 1.82) is 0 Å². The van der Waals surface area contributed by atoms with Gasteiger partial charge in [-0.25, -0.2) is 15.0 Å². The van der Waals surface area contributed by atoms with E-state index in [9.17, 15) is 0 Å². The van der Waals surface area contributed by atoms with E-state index < -0.39 is 0 Å². The van der Waals surface area contributed by atoms with Crippen LogP contribution in [0.3, 0.4) is 0 Å². The molecular formula is C23H29ClIN7. The summed E-state index contributed by atoms with van der Waals surface area (Å²) in [7, 11) is 0. The lowest BCUT2D eigenvalue weighted by atomic mass is 10.1. The number of anilines is 1. The second-order valence-corrected chi connectivity index (χ2v) is 8.04. The summed E-state index contributed by atoms with van der Waals surface area (Å²) in [6.45, 7) is 6.13. The number of aromatic nitrogens is 3. The minimum Gasteiger partial charge on any atom is -0.357 e. The highest BCUT2D eigenvalue weighted by Gasteiger charge is 2.25. The van der Waals surface area contributed by atoms with Crippen LogP contribution in [-0.4, -0.2) is 46.2 Å². The van der Waals surface area contributed by atoms with E-state index in [1.54, 1.807) is 12.4 Å². The van der Waals surface area contributed by atoms with E-state index in [0.29, 0.717) is 17.6 Å². The van der Waals surface area contributed by atoms with Crippen LogP contribution in [0.5, 0.6) is 0 Å². The van der Waals surface area contributed by atoms with Crippen LogP contribution < -0.4 is 15.5 Å². The SMILES string of the molecule is CCNC(=NCc1ccc(Cn2ccnc2)cc1)NC1CCN(c2ncccc2Cl)C1.I. The van der Waals surface area contributed by atoms with E-state index in [0.717, 1.165) is 44.4 Å². The molecule has 1 aliphatic rings. The third-order valence-corrected chi connectivity index (χ3v) is 5.57. The molecule has 32 heavy (non-hydrogen) atoms. The van der Waals surface area contributed by atoms with Gasteiger partial charge in [-0.05, 0) is 36.6 Å². The van der Waals surface area contributed by atoms with Crippen LogP contribution in [-0.2, 0) is 13.1 Å². The molecule has 3 aromatic rings. The summed E-state index contributed by atoms with van der Waals surface area (Å²) < 4.78 is 2.06. The maximum Gasteiger partial charge on any atom is 0.191 e. The molecule has 0 amide bonds. The van der Waals surface area contributed by atoms with Crippen molar-refractivity contribution in [2.24, 2.45) is 4.99 Å². The molecular weight excluding hydrogens is 537 g/mol. The molecule has 4 rings (SSSR count). The highest BCUT2D eigenvalue weighted by Crippen LogP contribution is 2.25. The third kappa shape index (κ3) is 6.59. The molecule has 3 heterocycles. The average Bonchev–Trinajstić information content (AvgIpc) is 3.46. The Morgan fingerprint density at radius 1 is 1.19 bits per heavy atom. The van der Waals surface area contributed by atoms with Crippen LogP contribution in [0.15, 0.2) is 66.3 Å². The van der Waals surface area contributed by atoms with Gasteiger partial charge < -0.3 is 20.1 Å². The van der Waals surface area contributed by atoms with Crippen molar-refractivity contribution in [1.82, 2.24) is 25.2 Å². The zero-order chi connectivity index (χ0) is 21.5. The van der Waals surface area contributed by atoms with Gasteiger partial charge >= 0.3 is 0 Å². The topological polar surface area (TPSA) is 70.4 Å². The van der Waals surface area contributed by atoms with E-state index >= 15 is 0 Å². The first kappa shape index (κ1) is 24.3. The van der Waals surface area contributed by atoms with Gasteiger partial charge in [-0.3, -0.25) is 0 Å². The number of hydrogen-bond acceptors (Lipinski definition) is 4. The van der Waals surface area contributed by atoms with Crippen molar-refractivity contribution in [2.45, 2.75) is 32.5 Å². The Morgan fingerprint density at radius 2 is 2.00 bits per heavy atom. The fourth-order valence-electron chi connectivity index (χ4n) is 3.71. The molecule has 1 unspecified atom stereocenters. The monoisotopic (exact) mass is 565 g/mol. The van der Waals surface area contributed by atoms with Gasteiger partial charge in [-0.1, -0.05) is 35.9 Å². The molecule has 1 saturated heterocycles. The summed E-state index contributed by atoms with van der Waals surface area (Å²) in [5.74, 6) is 1.69. The van der Waals surface area contributed by atoms with Crippen molar-refractivity contribution in [3.05, 3.63) is 77.5 Å². The van der Waals surface area contributed by atoms with Crippen LogP contribution >= 0.6 is 35.6 Å². The third-order valence-electron chi connectivity index (χ3n) is 5.28. The zero-order valence-electron chi connectivity index (χ0n) is 18.1. The summed E-state index contributed by atoms with van der Waals surface area (Å²) in [5.41, 5.74) is 2.43. The lowest BCUT2D eigenvalue weighted by Gasteiger charge is -2.20. The van der Waals surface area contributed by atoms with Gasteiger partial charge in [0.1, 0.15) is 5.82 Å². The Kier molecular flexibility index (Phi) is 9.16. The number of guanidine groups is 1. The Balaban J connectivity index is 0.00000289. The normalized spacial score (nSPS) is 16.0. The highest BCUT2D eigenvalue weighted by molar-refractivity contribution is 14.0. The molecule has 0 saturated carbocycles. The molecule has 1 atom stereocenters. The van der Waals surface area contributed by atoms with Gasteiger partial charge in [-0.2, -0.15) is 0 Å². The van der Waals surface area contributed by atoms with Crippen LogP contribution in [0.25, 0.3) is 0 Å².